The van der Waals surface area contributed by atoms with E-state index in [1.54, 1.807) is 0 Å². The van der Waals surface area contributed by atoms with E-state index in [0.717, 1.165) is 84.3 Å². The first-order valence-corrected chi connectivity index (χ1v) is 31.2. The second-order valence-electron chi connectivity index (χ2n) is 21.7. The highest BCUT2D eigenvalue weighted by Gasteiger charge is 2.25. The number of hydrogen-bond donors (Lipinski definition) is 0. The van der Waals surface area contributed by atoms with Crippen LogP contribution in [0.15, 0.2) is 0 Å². The summed E-state index contributed by atoms with van der Waals surface area (Å²) in [6.45, 7) is 18.7. The van der Waals surface area contributed by atoms with Crippen LogP contribution >= 0.6 is 0 Å². The number of methoxy groups -OCH3 is 1. The van der Waals surface area contributed by atoms with Crippen LogP contribution < -0.4 is 0 Å². The van der Waals surface area contributed by atoms with Crippen LogP contribution in [0.25, 0.3) is 0 Å². The van der Waals surface area contributed by atoms with Gasteiger partial charge in [-0.1, -0.05) is 213 Å². The van der Waals surface area contributed by atoms with Gasteiger partial charge in [-0.2, -0.15) is 0 Å². The summed E-state index contributed by atoms with van der Waals surface area (Å²) in [5.74, 6) is -0.724. The van der Waals surface area contributed by atoms with Gasteiger partial charge in [-0.25, -0.2) is 0 Å². The molecule has 12 heteroatoms. The highest BCUT2D eigenvalue weighted by Crippen LogP contribution is 2.16. The maximum Gasteiger partial charge on any atom is 0.307 e. The van der Waals surface area contributed by atoms with Crippen molar-refractivity contribution in [3.8, 4) is 0 Å². The van der Waals surface area contributed by atoms with E-state index in [9.17, 15) is 19.2 Å². The first-order valence-electron chi connectivity index (χ1n) is 31.2. The average molecular weight is 1040 g/mol. The van der Waals surface area contributed by atoms with Crippen molar-refractivity contribution in [3.05, 3.63) is 0 Å². The molecule has 1 rings (SSSR count). The van der Waals surface area contributed by atoms with Gasteiger partial charge in [0.15, 0.2) is 0 Å². The number of hydrogen-bond acceptors (Lipinski definition) is 12. The number of carbonyl (C=O) groups is 4. The summed E-state index contributed by atoms with van der Waals surface area (Å²) in [5.41, 5.74) is 0. The molecule has 0 radical (unpaired) electrons. The van der Waals surface area contributed by atoms with Gasteiger partial charge in [-0.05, 0) is 26.2 Å². The largest absolute Gasteiger partial charge is 0.469 e. The van der Waals surface area contributed by atoms with Crippen molar-refractivity contribution in [2.45, 2.75) is 271 Å². The average Bonchev–Trinajstić information content (AvgIpc) is 3.39. The Balaban J connectivity index is 2.54. The molecule has 1 aliphatic heterocycles. The van der Waals surface area contributed by atoms with Gasteiger partial charge < -0.3 is 28.7 Å². The molecule has 73 heavy (non-hydrogen) atoms. The molecule has 0 aromatic rings. The summed E-state index contributed by atoms with van der Waals surface area (Å²) < 4.78 is 21.9. The van der Waals surface area contributed by atoms with Crippen LogP contribution in [0.2, 0.25) is 0 Å². The molecule has 12 nitrogen and oxygen atoms in total. The summed E-state index contributed by atoms with van der Waals surface area (Å²) in [5, 5.41) is 0. The molecule has 1 saturated heterocycles. The summed E-state index contributed by atoms with van der Waals surface area (Å²) in [6.07, 6.45) is 42.9. The van der Waals surface area contributed by atoms with Gasteiger partial charge >= 0.3 is 23.9 Å². The van der Waals surface area contributed by atoms with Gasteiger partial charge in [0.2, 0.25) is 0 Å². The molecular formula is C61H118N4O8. The number of carbonyl (C=O) groups excluding carboxylic acids is 4. The van der Waals surface area contributed by atoms with E-state index in [-0.39, 0.29) is 23.9 Å². The van der Waals surface area contributed by atoms with Crippen molar-refractivity contribution in [3.63, 3.8) is 0 Å². The Morgan fingerprint density at radius 2 is 0.671 bits per heavy atom. The lowest BCUT2D eigenvalue weighted by Gasteiger charge is -2.41. The zero-order valence-corrected chi connectivity index (χ0v) is 48.7. The molecule has 1 atom stereocenters. The first-order chi connectivity index (χ1) is 35.7. The van der Waals surface area contributed by atoms with E-state index < -0.39 is 0 Å². The summed E-state index contributed by atoms with van der Waals surface area (Å²) in [7, 11) is 1.42. The molecule has 1 heterocycles. The molecule has 0 spiro atoms. The fourth-order valence-electron chi connectivity index (χ4n) is 10.0. The lowest BCUT2D eigenvalue weighted by atomic mass is 10.1. The molecule has 0 saturated carbocycles. The Labute approximate surface area is 450 Å². The zero-order valence-electron chi connectivity index (χ0n) is 48.7. The molecule has 0 unspecified atom stereocenters. The van der Waals surface area contributed by atoms with E-state index >= 15 is 0 Å². The van der Waals surface area contributed by atoms with Crippen LogP contribution in [0.3, 0.4) is 0 Å². The molecule has 430 valence electrons. The minimum atomic E-state index is -0.243. The van der Waals surface area contributed by atoms with E-state index in [1.165, 1.54) is 180 Å². The lowest BCUT2D eigenvalue weighted by Crippen LogP contribution is -2.54. The SMILES string of the molecule is CCCCCCCCCCCCCOC(=O)CCN(CCC(=O)OCCCCCCCCCCCCC)CCN1CCN(CCN(CCC(=O)OC)CCC(=O)OCCCCCCCCCCCCC)[C@@H](C)C1. The van der Waals surface area contributed by atoms with Crippen molar-refractivity contribution < 1.29 is 38.1 Å². The topological polar surface area (TPSA) is 118 Å². The van der Waals surface area contributed by atoms with Crippen molar-refractivity contribution in [2.24, 2.45) is 0 Å². The highest BCUT2D eigenvalue weighted by atomic mass is 16.5. The van der Waals surface area contributed by atoms with Crippen LogP contribution in [0.4, 0.5) is 0 Å². The molecule has 1 fully saturated rings. The predicted molar refractivity (Wildman–Crippen MR) is 303 cm³/mol. The Morgan fingerprint density at radius 1 is 0.384 bits per heavy atom. The van der Waals surface area contributed by atoms with Crippen LogP contribution in [-0.2, 0) is 38.1 Å². The van der Waals surface area contributed by atoms with Gasteiger partial charge in [0.1, 0.15) is 0 Å². The molecule has 1 aliphatic rings. The Bertz CT molecular complexity index is 1230. The fraction of sp³-hybridized carbons (Fsp3) is 0.934. The Morgan fingerprint density at radius 3 is 0.973 bits per heavy atom. The van der Waals surface area contributed by atoms with Gasteiger partial charge in [-0.15, -0.1) is 0 Å². The van der Waals surface area contributed by atoms with Gasteiger partial charge in [0, 0.05) is 78.0 Å². The summed E-state index contributed by atoms with van der Waals surface area (Å²) in [4.78, 5) is 60.0. The van der Waals surface area contributed by atoms with Crippen molar-refractivity contribution in [1.29, 1.82) is 0 Å². The third-order valence-corrected chi connectivity index (χ3v) is 15.1. The van der Waals surface area contributed by atoms with Gasteiger partial charge in [0.05, 0.1) is 52.6 Å². The smallest absolute Gasteiger partial charge is 0.307 e. The number of esters is 4. The van der Waals surface area contributed by atoms with Crippen LogP contribution in [0.5, 0.6) is 0 Å². The maximum atomic E-state index is 12.9. The predicted octanol–water partition coefficient (Wildman–Crippen LogP) is 13.9. The highest BCUT2D eigenvalue weighted by molar-refractivity contribution is 5.70. The maximum absolute atomic E-state index is 12.9. The van der Waals surface area contributed by atoms with Gasteiger partial charge in [-0.3, -0.25) is 29.0 Å². The number of unbranched alkanes of at least 4 members (excludes halogenated alkanes) is 30. The number of rotatable bonds is 54. The normalized spacial score (nSPS) is 14.3. The Kier molecular flexibility index (Phi) is 48.8. The minimum absolute atomic E-state index is 0.157. The summed E-state index contributed by atoms with van der Waals surface area (Å²) in [6, 6.07) is 0.330. The van der Waals surface area contributed by atoms with E-state index in [2.05, 4.69) is 47.3 Å². The Hall–Kier alpha value is -2.28. The second-order valence-corrected chi connectivity index (χ2v) is 21.7. The number of ether oxygens (including phenoxy) is 4. The van der Waals surface area contributed by atoms with E-state index in [4.69, 9.17) is 18.9 Å². The zero-order chi connectivity index (χ0) is 53.1. The summed E-state index contributed by atoms with van der Waals surface area (Å²) >= 11 is 0. The fourth-order valence-corrected chi connectivity index (χ4v) is 10.0. The second kappa shape index (κ2) is 51.8. The third kappa shape index (κ3) is 44.5. The molecule has 0 bridgehead atoms. The number of piperazine rings is 1. The van der Waals surface area contributed by atoms with Crippen LogP contribution in [-0.4, -0.2) is 148 Å². The van der Waals surface area contributed by atoms with Crippen molar-refractivity contribution in [1.82, 2.24) is 19.6 Å². The minimum Gasteiger partial charge on any atom is -0.469 e. The number of nitrogens with zero attached hydrogens (tertiary/aromatic N) is 4. The molecule has 0 amide bonds. The van der Waals surface area contributed by atoms with Crippen LogP contribution in [0.1, 0.15) is 265 Å². The molecule has 0 N–H and O–H groups in total. The quantitative estimate of drug-likeness (QED) is 0.0328. The van der Waals surface area contributed by atoms with E-state index in [0.29, 0.717) is 77.7 Å². The van der Waals surface area contributed by atoms with Crippen LogP contribution in [0, 0.1) is 0 Å². The van der Waals surface area contributed by atoms with Crippen molar-refractivity contribution >= 4 is 23.9 Å². The molecular weight excluding hydrogens is 917 g/mol. The molecule has 0 aromatic carbocycles. The van der Waals surface area contributed by atoms with Crippen molar-refractivity contribution in [2.75, 3.05) is 98.9 Å². The monoisotopic (exact) mass is 1030 g/mol. The third-order valence-electron chi connectivity index (χ3n) is 15.1. The first kappa shape index (κ1) is 68.7. The standard InChI is InChI=1S/C61H118N4O8/c1-6-9-12-15-18-21-24-27-30-33-36-53-71-59(67)40-44-62(45-41-60(68)72-54-37-34-31-28-25-22-19-16-13-10-7-2)47-48-64-50-52-65(57(4)56-64)51-49-63(43-39-58(66)70-5)46-42-61(69)73-55-38-35-32-29-26-23-20-17-14-11-8-3/h57H,6-56H2,1-5H3/t57-/m0/s1. The van der Waals surface area contributed by atoms with E-state index in [1.807, 2.05) is 0 Å². The molecule has 0 aromatic heterocycles. The molecule has 0 aliphatic carbocycles. The lowest BCUT2D eigenvalue weighted by molar-refractivity contribution is -0.145. The van der Waals surface area contributed by atoms with Gasteiger partial charge in [0.25, 0.3) is 0 Å².